The van der Waals surface area contributed by atoms with Gasteiger partial charge in [-0.2, -0.15) is 0 Å². The Hall–Kier alpha value is -3.30. The summed E-state index contributed by atoms with van der Waals surface area (Å²) in [5.74, 6) is -3.24. The smallest absolute Gasteiger partial charge is 0.326 e. The normalized spacial score (nSPS) is 12.8. The zero-order chi connectivity index (χ0) is 18.6. The summed E-state index contributed by atoms with van der Waals surface area (Å²) in [6.45, 7) is 1.01. The number of nitrogens with zero attached hydrogens (tertiary/aromatic N) is 2. The fourth-order valence-electron chi connectivity index (χ4n) is 2.25. The van der Waals surface area contributed by atoms with Gasteiger partial charge in [-0.15, -0.1) is 0 Å². The number of carbonyl (C=O) groups excluding carboxylic acids is 4. The molecule has 25 heavy (non-hydrogen) atoms. The van der Waals surface area contributed by atoms with Gasteiger partial charge in [0.15, 0.2) is 6.61 Å². The van der Waals surface area contributed by atoms with Gasteiger partial charge in [0.2, 0.25) is 0 Å². The molecule has 1 heterocycles. The van der Waals surface area contributed by atoms with Crippen molar-refractivity contribution in [2.45, 2.75) is 13.3 Å². The Morgan fingerprint density at radius 1 is 1.28 bits per heavy atom. The second kappa shape index (κ2) is 7.51. The van der Waals surface area contributed by atoms with E-state index in [4.69, 9.17) is 4.74 Å². The fourth-order valence-corrected chi connectivity index (χ4v) is 2.25. The zero-order valence-corrected chi connectivity index (χ0v) is 13.3. The quantitative estimate of drug-likeness (QED) is 0.323. The van der Waals surface area contributed by atoms with Crippen molar-refractivity contribution in [2.24, 2.45) is 0 Å². The Balaban J connectivity index is 2.05. The SMILES string of the molecule is CCCNC(=O)COC(=O)CN1C(=O)c2cccc([N+](=O)[O-])c2C1=O. The van der Waals surface area contributed by atoms with Gasteiger partial charge in [0.25, 0.3) is 23.4 Å². The van der Waals surface area contributed by atoms with Crippen LogP contribution in [0.1, 0.15) is 34.1 Å². The average molecular weight is 349 g/mol. The minimum absolute atomic E-state index is 0.146. The van der Waals surface area contributed by atoms with Gasteiger partial charge >= 0.3 is 5.97 Å². The van der Waals surface area contributed by atoms with Gasteiger partial charge in [-0.3, -0.25) is 34.2 Å². The maximum absolute atomic E-state index is 12.3. The van der Waals surface area contributed by atoms with Gasteiger partial charge in [-0.25, -0.2) is 0 Å². The lowest BCUT2D eigenvalue weighted by atomic mass is 10.1. The molecule has 0 aliphatic carbocycles. The molecule has 1 aromatic carbocycles. The predicted octanol–water partition coefficient (Wildman–Crippen LogP) is 0.260. The summed E-state index contributed by atoms with van der Waals surface area (Å²) in [7, 11) is 0. The lowest BCUT2D eigenvalue weighted by Gasteiger charge is -2.12. The highest BCUT2D eigenvalue weighted by Gasteiger charge is 2.41. The van der Waals surface area contributed by atoms with E-state index in [-0.39, 0.29) is 11.1 Å². The van der Waals surface area contributed by atoms with Crippen molar-refractivity contribution in [2.75, 3.05) is 19.7 Å². The zero-order valence-electron chi connectivity index (χ0n) is 13.3. The third-order valence-corrected chi connectivity index (χ3v) is 3.40. The maximum Gasteiger partial charge on any atom is 0.326 e. The highest BCUT2D eigenvalue weighted by Crippen LogP contribution is 2.30. The van der Waals surface area contributed by atoms with Crippen LogP contribution in [0.2, 0.25) is 0 Å². The monoisotopic (exact) mass is 349 g/mol. The summed E-state index contributed by atoms with van der Waals surface area (Å²) >= 11 is 0. The number of ether oxygens (including phenoxy) is 1. The molecule has 1 aliphatic heterocycles. The number of nitrogens with one attached hydrogen (secondary N) is 1. The van der Waals surface area contributed by atoms with E-state index in [2.05, 4.69) is 5.32 Å². The van der Waals surface area contributed by atoms with E-state index in [0.29, 0.717) is 17.9 Å². The van der Waals surface area contributed by atoms with Gasteiger partial charge in [0, 0.05) is 12.6 Å². The Labute approximate surface area is 141 Å². The Bertz CT molecular complexity index is 759. The standard InChI is InChI=1S/C15H15N3O7/c1-2-6-16-11(19)8-25-12(20)7-17-14(21)9-4-3-5-10(18(23)24)13(9)15(17)22/h3-5H,2,6-8H2,1H3,(H,16,19). The first-order chi connectivity index (χ1) is 11.9. The molecule has 0 unspecified atom stereocenters. The topological polar surface area (TPSA) is 136 Å². The summed E-state index contributed by atoms with van der Waals surface area (Å²) < 4.78 is 4.71. The van der Waals surface area contributed by atoms with Crippen LogP contribution in [0.4, 0.5) is 5.69 Å². The summed E-state index contributed by atoms with van der Waals surface area (Å²) in [5, 5.41) is 13.5. The van der Waals surface area contributed by atoms with Crippen LogP contribution in [0, 0.1) is 10.1 Å². The molecule has 0 aromatic heterocycles. The first-order valence-electron chi connectivity index (χ1n) is 7.42. The molecule has 0 atom stereocenters. The van der Waals surface area contributed by atoms with Gasteiger partial charge in [0.1, 0.15) is 12.1 Å². The van der Waals surface area contributed by atoms with E-state index in [9.17, 15) is 29.3 Å². The number of nitro groups is 1. The number of hydrogen-bond donors (Lipinski definition) is 1. The number of imide groups is 1. The number of benzene rings is 1. The van der Waals surface area contributed by atoms with Crippen LogP contribution in [0.15, 0.2) is 18.2 Å². The molecule has 1 aromatic rings. The van der Waals surface area contributed by atoms with E-state index in [1.807, 2.05) is 6.92 Å². The van der Waals surface area contributed by atoms with E-state index in [1.165, 1.54) is 12.1 Å². The van der Waals surface area contributed by atoms with Crippen LogP contribution in [-0.2, 0) is 14.3 Å². The molecule has 0 saturated heterocycles. The summed E-state index contributed by atoms with van der Waals surface area (Å²) in [4.78, 5) is 58.3. The highest BCUT2D eigenvalue weighted by atomic mass is 16.6. The number of amides is 3. The maximum atomic E-state index is 12.3. The largest absolute Gasteiger partial charge is 0.454 e. The third kappa shape index (κ3) is 3.79. The molecule has 10 nitrogen and oxygen atoms in total. The molecule has 1 N–H and O–H groups in total. The Morgan fingerprint density at radius 3 is 2.64 bits per heavy atom. The van der Waals surface area contributed by atoms with Crippen molar-refractivity contribution in [1.29, 1.82) is 0 Å². The molecule has 0 radical (unpaired) electrons. The second-order valence-corrected chi connectivity index (χ2v) is 5.16. The second-order valence-electron chi connectivity index (χ2n) is 5.16. The number of rotatable bonds is 7. The minimum atomic E-state index is -0.969. The van der Waals surface area contributed by atoms with Crippen LogP contribution in [0.3, 0.4) is 0 Å². The fraction of sp³-hybridized carbons (Fsp3) is 0.333. The van der Waals surface area contributed by atoms with Crippen molar-refractivity contribution >= 4 is 29.4 Å². The van der Waals surface area contributed by atoms with Crippen LogP contribution in [0.5, 0.6) is 0 Å². The molecule has 2 rings (SSSR count). The molecule has 0 fully saturated rings. The lowest BCUT2D eigenvalue weighted by Crippen LogP contribution is -2.37. The van der Waals surface area contributed by atoms with Crippen molar-refractivity contribution in [3.05, 3.63) is 39.4 Å². The summed E-state index contributed by atoms with van der Waals surface area (Å²) in [6.07, 6.45) is 0.716. The summed E-state index contributed by atoms with van der Waals surface area (Å²) in [5.41, 5.74) is -1.01. The molecule has 0 saturated carbocycles. The van der Waals surface area contributed by atoms with E-state index in [1.54, 1.807) is 0 Å². The van der Waals surface area contributed by atoms with E-state index >= 15 is 0 Å². The first-order valence-corrected chi connectivity index (χ1v) is 7.42. The van der Waals surface area contributed by atoms with Gasteiger partial charge in [-0.05, 0) is 12.5 Å². The molecule has 0 bridgehead atoms. The van der Waals surface area contributed by atoms with Crippen molar-refractivity contribution in [3.63, 3.8) is 0 Å². The van der Waals surface area contributed by atoms with Gasteiger partial charge < -0.3 is 10.1 Å². The Kier molecular flexibility index (Phi) is 5.42. The molecular weight excluding hydrogens is 334 g/mol. The number of hydrogen-bond acceptors (Lipinski definition) is 7. The van der Waals surface area contributed by atoms with Crippen molar-refractivity contribution in [1.82, 2.24) is 10.2 Å². The molecular formula is C15H15N3O7. The number of nitro benzene ring substituents is 1. The molecule has 1 aliphatic rings. The van der Waals surface area contributed by atoms with Crippen molar-refractivity contribution in [3.8, 4) is 0 Å². The van der Waals surface area contributed by atoms with Crippen LogP contribution in [0.25, 0.3) is 0 Å². The Morgan fingerprint density at radius 2 is 2.00 bits per heavy atom. The average Bonchev–Trinajstić information content (AvgIpc) is 2.83. The number of carbonyl (C=O) groups is 4. The molecule has 0 spiro atoms. The first kappa shape index (κ1) is 18.0. The lowest BCUT2D eigenvalue weighted by molar-refractivity contribution is -0.385. The molecule has 132 valence electrons. The van der Waals surface area contributed by atoms with Crippen LogP contribution < -0.4 is 5.32 Å². The third-order valence-electron chi connectivity index (χ3n) is 3.40. The summed E-state index contributed by atoms with van der Waals surface area (Å²) in [6, 6.07) is 3.65. The highest BCUT2D eigenvalue weighted by molar-refractivity contribution is 6.24. The van der Waals surface area contributed by atoms with Crippen LogP contribution in [-0.4, -0.2) is 53.2 Å². The minimum Gasteiger partial charge on any atom is -0.454 e. The van der Waals surface area contributed by atoms with E-state index in [0.717, 1.165) is 6.07 Å². The predicted molar refractivity (Wildman–Crippen MR) is 82.7 cm³/mol. The van der Waals surface area contributed by atoms with Crippen LogP contribution >= 0.6 is 0 Å². The number of fused-ring (bicyclic) bond motifs is 1. The molecule has 3 amide bonds. The van der Waals surface area contributed by atoms with Gasteiger partial charge in [0.05, 0.1) is 10.5 Å². The molecule has 10 heteroatoms. The van der Waals surface area contributed by atoms with Gasteiger partial charge in [-0.1, -0.05) is 13.0 Å². The van der Waals surface area contributed by atoms with E-state index < -0.39 is 47.5 Å². The number of esters is 1. The van der Waals surface area contributed by atoms with Crippen molar-refractivity contribution < 1.29 is 28.8 Å².